The number of aryl methyl sites for hydroxylation is 3. The van der Waals surface area contributed by atoms with Gasteiger partial charge in [-0.3, -0.25) is 9.69 Å². The molecule has 0 saturated heterocycles. The summed E-state index contributed by atoms with van der Waals surface area (Å²) in [4.78, 5) is 21.6. The van der Waals surface area contributed by atoms with Gasteiger partial charge in [-0.15, -0.1) is 0 Å². The van der Waals surface area contributed by atoms with Crippen molar-refractivity contribution in [1.29, 1.82) is 0 Å². The van der Waals surface area contributed by atoms with Crippen molar-refractivity contribution >= 4 is 42.4 Å². The van der Waals surface area contributed by atoms with Crippen molar-refractivity contribution < 1.29 is 13.2 Å². The molecule has 0 aliphatic rings. The minimum absolute atomic E-state index is 0.162. The van der Waals surface area contributed by atoms with Gasteiger partial charge in [-0.05, 0) is 77.2 Å². The van der Waals surface area contributed by atoms with Crippen LogP contribution >= 0.6 is 11.3 Å². The molecule has 6 nitrogen and oxygen atoms in total. The van der Waals surface area contributed by atoms with Gasteiger partial charge < -0.3 is 4.90 Å². The van der Waals surface area contributed by atoms with Crippen molar-refractivity contribution in [2.24, 2.45) is 0 Å². The molecular formula is C23H29N3O3S2. The Hall–Kier alpha value is -2.29. The van der Waals surface area contributed by atoms with Gasteiger partial charge in [0.15, 0.2) is 15.0 Å². The summed E-state index contributed by atoms with van der Waals surface area (Å²) in [6.45, 7) is 7.14. The summed E-state index contributed by atoms with van der Waals surface area (Å²) in [6.07, 6.45) is 0.719. The number of amides is 1. The van der Waals surface area contributed by atoms with E-state index in [1.165, 1.54) is 16.2 Å². The van der Waals surface area contributed by atoms with Crippen LogP contribution in [0.15, 0.2) is 41.3 Å². The van der Waals surface area contributed by atoms with E-state index in [2.05, 4.69) is 11.1 Å². The molecule has 1 heterocycles. The fourth-order valence-electron chi connectivity index (χ4n) is 3.42. The lowest BCUT2D eigenvalue weighted by Gasteiger charge is -2.21. The van der Waals surface area contributed by atoms with Crippen molar-refractivity contribution in [3.63, 3.8) is 0 Å². The van der Waals surface area contributed by atoms with Gasteiger partial charge in [-0.1, -0.05) is 35.1 Å². The van der Waals surface area contributed by atoms with E-state index in [1.54, 1.807) is 24.3 Å². The summed E-state index contributed by atoms with van der Waals surface area (Å²) in [7, 11) is 0.200. The molecule has 0 unspecified atom stereocenters. The van der Waals surface area contributed by atoms with E-state index in [4.69, 9.17) is 0 Å². The number of anilines is 1. The maximum Gasteiger partial charge on any atom is 0.244 e. The van der Waals surface area contributed by atoms with Crippen molar-refractivity contribution in [3.05, 3.63) is 53.1 Å². The Kier molecular flexibility index (Phi) is 7.13. The summed E-state index contributed by atoms with van der Waals surface area (Å²) < 4.78 is 26.8. The minimum Gasteiger partial charge on any atom is -0.309 e. The lowest BCUT2D eigenvalue weighted by Crippen LogP contribution is -2.37. The second-order valence-corrected chi connectivity index (χ2v) is 11.2. The van der Waals surface area contributed by atoms with Gasteiger partial charge >= 0.3 is 0 Å². The van der Waals surface area contributed by atoms with Crippen LogP contribution in [0.2, 0.25) is 0 Å². The molecule has 2 aromatic carbocycles. The van der Waals surface area contributed by atoms with Crippen molar-refractivity contribution in [1.82, 2.24) is 9.88 Å². The highest BCUT2D eigenvalue weighted by atomic mass is 32.2. The second kappa shape index (κ2) is 9.46. The van der Waals surface area contributed by atoms with E-state index < -0.39 is 21.5 Å². The first-order chi connectivity index (χ1) is 14.6. The standard InChI is InChI=1S/C23H29N3O3S2/c1-16-7-9-19(10-8-16)31(28,29)15-21(27)26(12-6-11-25(4)5)23-24-20-14-17(2)13-18(3)22(20)30-23/h7-10,13-14H,6,11-12,15H2,1-5H3. The molecule has 0 aliphatic heterocycles. The van der Waals surface area contributed by atoms with Crippen LogP contribution in [-0.2, 0) is 14.6 Å². The Labute approximate surface area is 188 Å². The van der Waals surface area contributed by atoms with Gasteiger partial charge in [-0.2, -0.15) is 0 Å². The zero-order valence-electron chi connectivity index (χ0n) is 18.7. The number of hydrogen-bond acceptors (Lipinski definition) is 6. The van der Waals surface area contributed by atoms with E-state index in [-0.39, 0.29) is 4.90 Å². The number of rotatable bonds is 8. The average Bonchev–Trinajstić information content (AvgIpc) is 3.08. The average molecular weight is 460 g/mol. The summed E-state index contributed by atoms with van der Waals surface area (Å²) >= 11 is 1.44. The van der Waals surface area contributed by atoms with Crippen LogP contribution < -0.4 is 4.90 Å². The van der Waals surface area contributed by atoms with Gasteiger partial charge in [0.25, 0.3) is 0 Å². The number of aromatic nitrogens is 1. The highest BCUT2D eigenvalue weighted by Gasteiger charge is 2.26. The molecule has 3 rings (SSSR count). The molecule has 3 aromatic rings. The Morgan fingerprint density at radius 3 is 2.32 bits per heavy atom. The first-order valence-corrected chi connectivity index (χ1v) is 12.7. The molecule has 0 saturated carbocycles. The van der Waals surface area contributed by atoms with Crippen molar-refractivity contribution in [2.75, 3.05) is 37.8 Å². The van der Waals surface area contributed by atoms with E-state index in [1.807, 2.05) is 45.8 Å². The van der Waals surface area contributed by atoms with Crippen LogP contribution in [0, 0.1) is 20.8 Å². The Bertz CT molecular complexity index is 1180. The van der Waals surface area contributed by atoms with Crippen molar-refractivity contribution in [2.45, 2.75) is 32.1 Å². The molecular weight excluding hydrogens is 430 g/mol. The molecule has 1 aromatic heterocycles. The number of carbonyl (C=O) groups is 1. The second-order valence-electron chi connectivity index (χ2n) is 8.20. The summed E-state index contributed by atoms with van der Waals surface area (Å²) in [6, 6.07) is 10.7. The molecule has 0 radical (unpaired) electrons. The van der Waals surface area contributed by atoms with E-state index in [0.29, 0.717) is 11.7 Å². The predicted molar refractivity (Wildman–Crippen MR) is 128 cm³/mol. The van der Waals surface area contributed by atoms with Crippen LogP contribution in [0.1, 0.15) is 23.1 Å². The van der Waals surface area contributed by atoms with Gasteiger partial charge in [0.1, 0.15) is 5.75 Å². The highest BCUT2D eigenvalue weighted by Crippen LogP contribution is 2.32. The summed E-state index contributed by atoms with van der Waals surface area (Å²) in [5.74, 6) is -1.03. The Balaban J connectivity index is 1.92. The molecule has 0 atom stereocenters. The zero-order valence-corrected chi connectivity index (χ0v) is 20.3. The van der Waals surface area contributed by atoms with Crippen LogP contribution in [0.4, 0.5) is 5.13 Å². The van der Waals surface area contributed by atoms with E-state index in [0.717, 1.165) is 39.9 Å². The van der Waals surface area contributed by atoms with Crippen LogP contribution in [0.25, 0.3) is 10.2 Å². The SMILES string of the molecule is Cc1ccc(S(=O)(=O)CC(=O)N(CCCN(C)C)c2nc3cc(C)cc(C)c3s2)cc1. The molecule has 0 fully saturated rings. The van der Waals surface area contributed by atoms with Crippen molar-refractivity contribution in [3.8, 4) is 0 Å². The number of carbonyl (C=O) groups excluding carboxylic acids is 1. The quantitative estimate of drug-likeness (QED) is 0.510. The number of sulfone groups is 1. The fraction of sp³-hybridized carbons (Fsp3) is 0.391. The van der Waals surface area contributed by atoms with Crippen LogP contribution in [0.3, 0.4) is 0 Å². The predicted octanol–water partition coefficient (Wildman–Crippen LogP) is 3.98. The number of fused-ring (bicyclic) bond motifs is 1. The molecule has 166 valence electrons. The van der Waals surface area contributed by atoms with Gasteiger partial charge in [0.2, 0.25) is 5.91 Å². The topological polar surface area (TPSA) is 70.6 Å². The molecule has 0 N–H and O–H groups in total. The first-order valence-electron chi connectivity index (χ1n) is 10.2. The fourth-order valence-corrected chi connectivity index (χ4v) is 5.68. The van der Waals surface area contributed by atoms with E-state index in [9.17, 15) is 13.2 Å². The minimum atomic E-state index is -3.74. The van der Waals surface area contributed by atoms with Crippen LogP contribution in [0.5, 0.6) is 0 Å². The third-order valence-electron chi connectivity index (χ3n) is 5.02. The maximum absolute atomic E-state index is 13.2. The Morgan fingerprint density at radius 1 is 1.00 bits per heavy atom. The van der Waals surface area contributed by atoms with Crippen LogP contribution in [-0.4, -0.2) is 57.1 Å². The third kappa shape index (κ3) is 5.70. The molecule has 1 amide bonds. The number of hydrogen-bond donors (Lipinski definition) is 0. The number of thiazole rings is 1. The van der Waals surface area contributed by atoms with Gasteiger partial charge in [0, 0.05) is 6.54 Å². The summed E-state index contributed by atoms with van der Waals surface area (Å²) in [5, 5.41) is 0.548. The summed E-state index contributed by atoms with van der Waals surface area (Å²) in [5.41, 5.74) is 4.01. The van der Waals surface area contributed by atoms with Gasteiger partial charge in [0.05, 0.1) is 15.1 Å². The first kappa shape index (κ1) is 23.4. The molecule has 0 spiro atoms. The molecule has 31 heavy (non-hydrogen) atoms. The van der Waals surface area contributed by atoms with Gasteiger partial charge in [-0.25, -0.2) is 13.4 Å². The molecule has 8 heteroatoms. The third-order valence-corrected chi connectivity index (χ3v) is 7.87. The molecule has 0 bridgehead atoms. The lowest BCUT2D eigenvalue weighted by atomic mass is 10.1. The highest BCUT2D eigenvalue weighted by molar-refractivity contribution is 7.92. The number of nitrogens with zero attached hydrogens (tertiary/aromatic N) is 3. The zero-order chi connectivity index (χ0) is 22.8. The largest absolute Gasteiger partial charge is 0.309 e. The number of benzene rings is 2. The smallest absolute Gasteiger partial charge is 0.244 e. The lowest BCUT2D eigenvalue weighted by molar-refractivity contribution is -0.116. The monoisotopic (exact) mass is 459 g/mol. The van der Waals surface area contributed by atoms with E-state index >= 15 is 0 Å². The Morgan fingerprint density at radius 2 is 1.68 bits per heavy atom. The maximum atomic E-state index is 13.2. The normalized spacial score (nSPS) is 11.9. The molecule has 0 aliphatic carbocycles.